The van der Waals surface area contributed by atoms with Crippen molar-refractivity contribution < 1.29 is 4.79 Å². The van der Waals surface area contributed by atoms with E-state index in [-0.39, 0.29) is 5.91 Å². The molecule has 0 aliphatic carbocycles. The van der Waals surface area contributed by atoms with Crippen LogP contribution >= 0.6 is 11.3 Å². The molecule has 0 radical (unpaired) electrons. The summed E-state index contributed by atoms with van der Waals surface area (Å²) in [5.74, 6) is 0.0876. The number of benzene rings is 1. The van der Waals surface area contributed by atoms with Crippen LogP contribution in [0.3, 0.4) is 0 Å². The number of thiophene rings is 1. The molecular weight excluding hydrogens is 280 g/mol. The van der Waals surface area contributed by atoms with E-state index < -0.39 is 5.41 Å². The van der Waals surface area contributed by atoms with E-state index in [1.165, 1.54) is 11.3 Å². The first-order chi connectivity index (χ1) is 10.2. The van der Waals surface area contributed by atoms with Crippen molar-refractivity contribution in [3.63, 3.8) is 0 Å². The third-order valence-electron chi connectivity index (χ3n) is 4.18. The van der Waals surface area contributed by atoms with Crippen LogP contribution in [0.15, 0.2) is 47.8 Å². The first-order valence-corrected chi connectivity index (χ1v) is 7.93. The third-order valence-corrected chi connectivity index (χ3v) is 5.03. The van der Waals surface area contributed by atoms with Gasteiger partial charge in [-0.1, -0.05) is 36.4 Å². The second-order valence-electron chi connectivity index (χ2n) is 5.33. The highest BCUT2D eigenvalue weighted by Crippen LogP contribution is 2.35. The van der Waals surface area contributed by atoms with Gasteiger partial charge in [0, 0.05) is 13.1 Å². The van der Waals surface area contributed by atoms with Crippen LogP contribution in [0.2, 0.25) is 0 Å². The zero-order valence-corrected chi connectivity index (χ0v) is 12.5. The monoisotopic (exact) mass is 296 g/mol. The fraction of sp³-hybridized carbons (Fsp3) is 0.294. The van der Waals surface area contributed by atoms with Crippen LogP contribution < -0.4 is 0 Å². The van der Waals surface area contributed by atoms with Crippen molar-refractivity contribution in [3.05, 3.63) is 58.3 Å². The number of carbonyl (C=O) groups is 1. The molecule has 3 nitrogen and oxygen atoms in total. The Morgan fingerprint density at radius 3 is 2.43 bits per heavy atom. The van der Waals surface area contributed by atoms with Crippen molar-refractivity contribution in [1.29, 1.82) is 5.26 Å². The summed E-state index contributed by atoms with van der Waals surface area (Å²) in [5.41, 5.74) is 0.615. The zero-order chi connectivity index (χ0) is 14.7. The van der Waals surface area contributed by atoms with E-state index in [1.54, 1.807) is 0 Å². The maximum absolute atomic E-state index is 12.4. The molecule has 106 valence electrons. The SMILES string of the molecule is N#CC1(c2ccccc2)CCN(C(=O)c2cccs2)CC1. The summed E-state index contributed by atoms with van der Waals surface area (Å²) in [6.07, 6.45) is 1.40. The predicted molar refractivity (Wildman–Crippen MR) is 83.2 cm³/mol. The van der Waals surface area contributed by atoms with Gasteiger partial charge in [0.2, 0.25) is 0 Å². The highest BCUT2D eigenvalue weighted by atomic mass is 32.1. The molecule has 0 N–H and O–H groups in total. The lowest BCUT2D eigenvalue weighted by atomic mass is 9.74. The van der Waals surface area contributed by atoms with E-state index in [4.69, 9.17) is 0 Å². The average molecular weight is 296 g/mol. The molecule has 3 rings (SSSR count). The van der Waals surface area contributed by atoms with Crippen molar-refractivity contribution in [1.82, 2.24) is 4.90 Å². The number of carbonyl (C=O) groups excluding carboxylic acids is 1. The number of nitriles is 1. The number of piperidine rings is 1. The zero-order valence-electron chi connectivity index (χ0n) is 11.7. The number of hydrogen-bond acceptors (Lipinski definition) is 3. The highest BCUT2D eigenvalue weighted by molar-refractivity contribution is 7.12. The molecule has 1 aliphatic rings. The summed E-state index contributed by atoms with van der Waals surface area (Å²) < 4.78 is 0. The van der Waals surface area contributed by atoms with Gasteiger partial charge in [0.1, 0.15) is 0 Å². The smallest absolute Gasteiger partial charge is 0.263 e. The Morgan fingerprint density at radius 1 is 1.14 bits per heavy atom. The molecule has 2 heterocycles. The van der Waals surface area contributed by atoms with Gasteiger partial charge in [-0.05, 0) is 29.9 Å². The molecule has 1 amide bonds. The molecule has 0 saturated carbocycles. The normalized spacial score (nSPS) is 17.2. The van der Waals surface area contributed by atoms with Crippen molar-refractivity contribution in [2.75, 3.05) is 13.1 Å². The Labute approximate surface area is 128 Å². The Bertz CT molecular complexity index is 650. The second-order valence-corrected chi connectivity index (χ2v) is 6.28. The van der Waals surface area contributed by atoms with E-state index in [9.17, 15) is 10.1 Å². The van der Waals surface area contributed by atoms with E-state index in [1.807, 2.05) is 52.7 Å². The lowest BCUT2D eigenvalue weighted by molar-refractivity contribution is 0.0697. The molecule has 0 atom stereocenters. The van der Waals surface area contributed by atoms with Crippen LogP contribution in [-0.4, -0.2) is 23.9 Å². The van der Waals surface area contributed by atoms with E-state index in [0.717, 1.165) is 10.4 Å². The lowest BCUT2D eigenvalue weighted by Crippen LogP contribution is -2.44. The summed E-state index contributed by atoms with van der Waals surface area (Å²) in [7, 11) is 0. The second kappa shape index (κ2) is 5.71. The van der Waals surface area contributed by atoms with Crippen LogP contribution in [0.4, 0.5) is 0 Å². The summed E-state index contributed by atoms with van der Waals surface area (Å²) >= 11 is 1.47. The molecule has 1 aromatic heterocycles. The first-order valence-electron chi connectivity index (χ1n) is 7.05. The summed E-state index contributed by atoms with van der Waals surface area (Å²) in [6, 6.07) is 16.2. The van der Waals surface area contributed by atoms with Gasteiger partial charge in [0.15, 0.2) is 0 Å². The molecule has 1 saturated heterocycles. The molecule has 0 bridgehead atoms. The Kier molecular flexibility index (Phi) is 3.76. The van der Waals surface area contributed by atoms with Crippen LogP contribution in [0.5, 0.6) is 0 Å². The molecule has 1 fully saturated rings. The lowest BCUT2D eigenvalue weighted by Gasteiger charge is -2.37. The molecular formula is C17H16N2OS. The molecule has 0 unspecified atom stereocenters. The first kappa shape index (κ1) is 13.8. The molecule has 2 aromatic rings. The standard InChI is InChI=1S/C17H16N2OS/c18-13-17(14-5-2-1-3-6-14)8-10-19(11-9-17)16(20)15-7-4-12-21-15/h1-7,12H,8-11H2. The highest BCUT2D eigenvalue weighted by Gasteiger charge is 2.37. The van der Waals surface area contributed by atoms with Crippen LogP contribution in [0, 0.1) is 11.3 Å². The topological polar surface area (TPSA) is 44.1 Å². The average Bonchev–Trinajstić information content (AvgIpc) is 3.09. The number of likely N-dealkylation sites (tertiary alicyclic amines) is 1. The molecule has 1 aliphatic heterocycles. The quantitative estimate of drug-likeness (QED) is 0.852. The fourth-order valence-electron chi connectivity index (χ4n) is 2.87. The number of nitrogens with zero attached hydrogens (tertiary/aromatic N) is 2. The van der Waals surface area contributed by atoms with E-state index >= 15 is 0 Å². The van der Waals surface area contributed by atoms with Crippen LogP contribution in [0.1, 0.15) is 28.1 Å². The summed E-state index contributed by atoms with van der Waals surface area (Å²) in [6.45, 7) is 1.28. The Hall–Kier alpha value is -2.12. The van der Waals surface area contributed by atoms with Crippen molar-refractivity contribution in [3.8, 4) is 6.07 Å². The van der Waals surface area contributed by atoms with E-state index in [0.29, 0.717) is 25.9 Å². The molecule has 4 heteroatoms. The van der Waals surface area contributed by atoms with Gasteiger partial charge >= 0.3 is 0 Å². The minimum Gasteiger partial charge on any atom is -0.338 e. The van der Waals surface area contributed by atoms with Gasteiger partial charge < -0.3 is 4.90 Å². The minimum absolute atomic E-state index is 0.0876. The van der Waals surface area contributed by atoms with Gasteiger partial charge in [-0.15, -0.1) is 11.3 Å². The van der Waals surface area contributed by atoms with Crippen molar-refractivity contribution >= 4 is 17.2 Å². The van der Waals surface area contributed by atoms with Gasteiger partial charge in [0.25, 0.3) is 5.91 Å². The van der Waals surface area contributed by atoms with E-state index in [2.05, 4.69) is 6.07 Å². The summed E-state index contributed by atoms with van der Waals surface area (Å²) in [4.78, 5) is 15.0. The van der Waals surface area contributed by atoms with Gasteiger partial charge in [-0.3, -0.25) is 4.79 Å². The fourth-order valence-corrected chi connectivity index (χ4v) is 3.56. The van der Waals surface area contributed by atoms with Crippen LogP contribution in [-0.2, 0) is 5.41 Å². The molecule has 0 spiro atoms. The Balaban J connectivity index is 1.75. The third kappa shape index (κ3) is 2.57. The summed E-state index contributed by atoms with van der Waals surface area (Å²) in [5, 5.41) is 11.6. The number of hydrogen-bond donors (Lipinski definition) is 0. The van der Waals surface area contributed by atoms with Gasteiger partial charge in [-0.2, -0.15) is 5.26 Å². The predicted octanol–water partition coefficient (Wildman–Crippen LogP) is 3.45. The number of rotatable bonds is 2. The van der Waals surface area contributed by atoms with Crippen LogP contribution in [0.25, 0.3) is 0 Å². The molecule has 1 aromatic carbocycles. The minimum atomic E-state index is -0.451. The van der Waals surface area contributed by atoms with Crippen molar-refractivity contribution in [2.45, 2.75) is 18.3 Å². The van der Waals surface area contributed by atoms with Crippen molar-refractivity contribution in [2.24, 2.45) is 0 Å². The maximum atomic E-state index is 12.4. The molecule has 21 heavy (non-hydrogen) atoms. The largest absolute Gasteiger partial charge is 0.338 e. The Morgan fingerprint density at radius 2 is 1.86 bits per heavy atom. The number of amides is 1. The van der Waals surface area contributed by atoms with Gasteiger partial charge in [0.05, 0.1) is 16.4 Å². The maximum Gasteiger partial charge on any atom is 0.263 e. The van der Waals surface area contributed by atoms with Gasteiger partial charge in [-0.25, -0.2) is 0 Å².